The van der Waals surface area contributed by atoms with Crippen LogP contribution in [0.25, 0.3) is 0 Å². The minimum Gasteiger partial charge on any atom is -0.508 e. The van der Waals surface area contributed by atoms with Gasteiger partial charge < -0.3 is 15.5 Å². The zero-order valence-corrected chi connectivity index (χ0v) is 15.1. The molecule has 7 heteroatoms. The normalized spacial score (nSPS) is 19.3. The number of hydrogen-bond acceptors (Lipinski definition) is 5. The van der Waals surface area contributed by atoms with E-state index in [4.69, 9.17) is 0 Å². The summed E-state index contributed by atoms with van der Waals surface area (Å²) in [5, 5.41) is 26.5. The van der Waals surface area contributed by atoms with E-state index in [1.807, 2.05) is 30.3 Å². The largest absolute Gasteiger partial charge is 0.508 e. The maximum atomic E-state index is 12.5. The van der Waals surface area contributed by atoms with Gasteiger partial charge >= 0.3 is 0 Å². The standard InChI is InChI=1S/C20H21N3O4/c1-11-8-16(24)12(2)18(25)14(11)10-22-23-20(27)17-15(9-21-19(17)26)13-6-4-3-5-7-13/h3-8,10,15,17,24-25H,9H2,1-2H3,(H,21,26)(H,23,27)/b22-10-. The van der Waals surface area contributed by atoms with Crippen LogP contribution < -0.4 is 10.7 Å². The summed E-state index contributed by atoms with van der Waals surface area (Å²) in [6.45, 7) is 3.67. The van der Waals surface area contributed by atoms with Crippen LogP contribution in [-0.4, -0.2) is 34.8 Å². The summed E-state index contributed by atoms with van der Waals surface area (Å²) in [5.74, 6) is -2.11. The Morgan fingerprint density at radius 3 is 2.67 bits per heavy atom. The number of phenolic OH excluding ortho intramolecular Hbond substituents is 2. The second kappa shape index (κ2) is 7.49. The Balaban J connectivity index is 1.76. The Kier molecular flexibility index (Phi) is 5.12. The Morgan fingerprint density at radius 1 is 1.26 bits per heavy atom. The molecular weight excluding hydrogens is 346 g/mol. The summed E-state index contributed by atoms with van der Waals surface area (Å²) in [7, 11) is 0. The number of carbonyl (C=O) groups excluding carboxylic acids is 2. The van der Waals surface area contributed by atoms with Crippen LogP contribution in [0.1, 0.15) is 28.2 Å². The summed E-state index contributed by atoms with van der Waals surface area (Å²) in [6, 6.07) is 10.9. The highest BCUT2D eigenvalue weighted by atomic mass is 16.3. The quantitative estimate of drug-likeness (QED) is 0.374. The lowest BCUT2D eigenvalue weighted by atomic mass is 9.88. The molecule has 0 spiro atoms. The van der Waals surface area contributed by atoms with Gasteiger partial charge in [0.1, 0.15) is 17.4 Å². The van der Waals surface area contributed by atoms with Crippen molar-refractivity contribution in [2.24, 2.45) is 11.0 Å². The first kappa shape index (κ1) is 18.4. The lowest BCUT2D eigenvalue weighted by Crippen LogP contribution is -2.34. The molecule has 2 amide bonds. The molecule has 0 saturated carbocycles. The third-order valence-electron chi connectivity index (χ3n) is 4.83. The molecule has 1 heterocycles. The average Bonchev–Trinajstić information content (AvgIpc) is 3.05. The first-order valence-corrected chi connectivity index (χ1v) is 8.58. The van der Waals surface area contributed by atoms with E-state index >= 15 is 0 Å². The molecule has 0 aliphatic carbocycles. The number of carbonyl (C=O) groups is 2. The minimum absolute atomic E-state index is 0.0143. The van der Waals surface area contributed by atoms with Gasteiger partial charge in [0.15, 0.2) is 0 Å². The highest BCUT2D eigenvalue weighted by Gasteiger charge is 2.40. The number of phenols is 2. The fourth-order valence-electron chi connectivity index (χ4n) is 3.23. The predicted octanol–water partition coefficient (Wildman–Crippen LogP) is 1.69. The van der Waals surface area contributed by atoms with E-state index in [2.05, 4.69) is 15.8 Å². The summed E-state index contributed by atoms with van der Waals surface area (Å²) in [5.41, 5.74) is 4.62. The van der Waals surface area contributed by atoms with Crippen LogP contribution in [0.2, 0.25) is 0 Å². The molecule has 4 N–H and O–H groups in total. The molecule has 27 heavy (non-hydrogen) atoms. The number of hydrogen-bond donors (Lipinski definition) is 4. The van der Waals surface area contributed by atoms with Crippen LogP contribution in [0.3, 0.4) is 0 Å². The predicted molar refractivity (Wildman–Crippen MR) is 101 cm³/mol. The molecule has 0 bridgehead atoms. The van der Waals surface area contributed by atoms with E-state index in [1.54, 1.807) is 13.8 Å². The van der Waals surface area contributed by atoms with E-state index in [0.717, 1.165) is 5.56 Å². The minimum atomic E-state index is -0.874. The van der Waals surface area contributed by atoms with E-state index in [9.17, 15) is 19.8 Å². The van der Waals surface area contributed by atoms with E-state index in [-0.39, 0.29) is 23.3 Å². The van der Waals surface area contributed by atoms with Gasteiger partial charge in [0.05, 0.1) is 6.21 Å². The molecule has 0 aromatic heterocycles. The number of benzene rings is 2. The summed E-state index contributed by atoms with van der Waals surface area (Å²) < 4.78 is 0. The third-order valence-corrected chi connectivity index (χ3v) is 4.83. The molecule has 2 atom stereocenters. The SMILES string of the molecule is Cc1cc(O)c(C)c(O)c1/C=N\NC(=O)C1C(=O)NCC1c1ccccc1. The highest BCUT2D eigenvalue weighted by Crippen LogP contribution is 2.31. The first-order valence-electron chi connectivity index (χ1n) is 8.58. The number of rotatable bonds is 4. The lowest BCUT2D eigenvalue weighted by Gasteiger charge is -2.15. The van der Waals surface area contributed by atoms with Crippen LogP contribution in [-0.2, 0) is 9.59 Å². The van der Waals surface area contributed by atoms with Crippen LogP contribution in [0.15, 0.2) is 41.5 Å². The molecule has 1 fully saturated rings. The average molecular weight is 367 g/mol. The molecule has 1 aliphatic rings. The number of nitrogens with one attached hydrogen (secondary N) is 2. The Labute approximate surface area is 156 Å². The molecule has 7 nitrogen and oxygen atoms in total. The van der Waals surface area contributed by atoms with Crippen molar-refractivity contribution in [3.8, 4) is 11.5 Å². The van der Waals surface area contributed by atoms with Crippen molar-refractivity contribution < 1.29 is 19.8 Å². The van der Waals surface area contributed by atoms with Gasteiger partial charge in [0.2, 0.25) is 5.91 Å². The van der Waals surface area contributed by atoms with Crippen molar-refractivity contribution >= 4 is 18.0 Å². The highest BCUT2D eigenvalue weighted by molar-refractivity contribution is 6.03. The maximum absolute atomic E-state index is 12.5. The summed E-state index contributed by atoms with van der Waals surface area (Å²) >= 11 is 0. The zero-order valence-electron chi connectivity index (χ0n) is 15.1. The third kappa shape index (κ3) is 3.62. The number of amides is 2. The zero-order chi connectivity index (χ0) is 19.6. The van der Waals surface area contributed by atoms with Gasteiger partial charge in [0.25, 0.3) is 5.91 Å². The number of aromatic hydroxyl groups is 2. The second-order valence-corrected chi connectivity index (χ2v) is 6.57. The Morgan fingerprint density at radius 2 is 1.96 bits per heavy atom. The van der Waals surface area contributed by atoms with Gasteiger partial charge in [-0.15, -0.1) is 0 Å². The van der Waals surface area contributed by atoms with E-state index < -0.39 is 11.8 Å². The van der Waals surface area contributed by atoms with Crippen molar-refractivity contribution in [1.29, 1.82) is 0 Å². The fourth-order valence-corrected chi connectivity index (χ4v) is 3.23. The van der Waals surface area contributed by atoms with Gasteiger partial charge in [-0.05, 0) is 31.0 Å². The van der Waals surface area contributed by atoms with Gasteiger partial charge in [-0.1, -0.05) is 30.3 Å². The number of hydrazone groups is 1. The second-order valence-electron chi connectivity index (χ2n) is 6.57. The molecule has 2 unspecified atom stereocenters. The van der Waals surface area contributed by atoms with Crippen LogP contribution in [0, 0.1) is 19.8 Å². The smallest absolute Gasteiger partial charge is 0.253 e. The van der Waals surface area contributed by atoms with Gasteiger partial charge in [0, 0.05) is 23.6 Å². The Hall–Kier alpha value is -3.35. The van der Waals surface area contributed by atoms with Crippen molar-refractivity contribution in [2.75, 3.05) is 6.54 Å². The summed E-state index contributed by atoms with van der Waals surface area (Å²) in [4.78, 5) is 24.7. The molecule has 1 saturated heterocycles. The molecule has 2 aromatic carbocycles. The van der Waals surface area contributed by atoms with Crippen molar-refractivity contribution in [2.45, 2.75) is 19.8 Å². The fraction of sp³-hybridized carbons (Fsp3) is 0.250. The van der Waals surface area contributed by atoms with E-state index in [0.29, 0.717) is 23.2 Å². The van der Waals surface area contributed by atoms with Gasteiger partial charge in [-0.3, -0.25) is 9.59 Å². The van der Waals surface area contributed by atoms with Gasteiger partial charge in [-0.25, -0.2) is 5.43 Å². The molecule has 2 aromatic rings. The maximum Gasteiger partial charge on any atom is 0.253 e. The Bertz CT molecular complexity index is 909. The molecular formula is C20H21N3O4. The molecule has 0 radical (unpaired) electrons. The van der Waals surface area contributed by atoms with Gasteiger partial charge in [-0.2, -0.15) is 5.10 Å². The lowest BCUT2D eigenvalue weighted by molar-refractivity contribution is -0.133. The van der Waals surface area contributed by atoms with E-state index in [1.165, 1.54) is 12.3 Å². The first-order chi connectivity index (χ1) is 12.9. The molecule has 3 rings (SSSR count). The van der Waals surface area contributed by atoms with Crippen LogP contribution in [0.4, 0.5) is 0 Å². The number of nitrogens with zero attached hydrogens (tertiary/aromatic N) is 1. The number of aryl methyl sites for hydroxylation is 1. The monoisotopic (exact) mass is 367 g/mol. The van der Waals surface area contributed by atoms with Crippen LogP contribution in [0.5, 0.6) is 11.5 Å². The van der Waals surface area contributed by atoms with Crippen molar-refractivity contribution in [3.63, 3.8) is 0 Å². The topological polar surface area (TPSA) is 111 Å². The van der Waals surface area contributed by atoms with Crippen molar-refractivity contribution in [3.05, 3.63) is 58.7 Å². The molecule has 140 valence electrons. The van der Waals surface area contributed by atoms with Crippen molar-refractivity contribution in [1.82, 2.24) is 10.7 Å². The van der Waals surface area contributed by atoms with Crippen LogP contribution >= 0.6 is 0 Å². The summed E-state index contributed by atoms with van der Waals surface area (Å²) in [6.07, 6.45) is 1.30. The molecule has 1 aliphatic heterocycles.